The predicted molar refractivity (Wildman–Crippen MR) is 117 cm³/mol. The summed E-state index contributed by atoms with van der Waals surface area (Å²) in [7, 11) is -4.05. The summed E-state index contributed by atoms with van der Waals surface area (Å²) in [6.07, 6.45) is 2.07. The Hall–Kier alpha value is -3.43. The average molecular weight is 466 g/mol. The lowest BCUT2D eigenvalue weighted by Crippen LogP contribution is -2.32. The van der Waals surface area contributed by atoms with Crippen LogP contribution in [0.5, 0.6) is 0 Å². The number of hydrogen-bond acceptors (Lipinski definition) is 5. The minimum absolute atomic E-state index is 0.0271. The quantitative estimate of drug-likeness (QED) is 0.540. The smallest absolute Gasteiger partial charge is 0.268 e. The number of nitrogens with zero attached hydrogens (tertiary/aromatic N) is 3. The van der Waals surface area contributed by atoms with Crippen LogP contribution in [0.2, 0.25) is 0 Å². The Morgan fingerprint density at radius 2 is 1.79 bits per heavy atom. The molecule has 33 heavy (non-hydrogen) atoms. The van der Waals surface area contributed by atoms with Crippen molar-refractivity contribution in [3.8, 4) is 0 Å². The van der Waals surface area contributed by atoms with Crippen molar-refractivity contribution in [1.29, 1.82) is 0 Å². The van der Waals surface area contributed by atoms with Crippen molar-refractivity contribution in [2.24, 2.45) is 0 Å². The molecule has 3 aromatic rings. The van der Waals surface area contributed by atoms with Gasteiger partial charge in [0.2, 0.25) is 10.0 Å². The molecule has 0 bridgehead atoms. The molecule has 3 heterocycles. The molecule has 1 atom stereocenters. The number of pyridine rings is 1. The number of fused-ring (bicyclic) bond motifs is 1. The second-order valence-corrected chi connectivity index (χ2v) is 10.0. The van der Waals surface area contributed by atoms with E-state index in [9.17, 15) is 22.4 Å². The number of sulfonamides is 1. The molecule has 0 unspecified atom stereocenters. The van der Waals surface area contributed by atoms with Gasteiger partial charge in [0.05, 0.1) is 17.0 Å². The van der Waals surface area contributed by atoms with Gasteiger partial charge in [-0.25, -0.2) is 12.8 Å². The number of rotatable bonds is 5. The van der Waals surface area contributed by atoms with Crippen LogP contribution in [0, 0.1) is 5.82 Å². The van der Waals surface area contributed by atoms with Crippen LogP contribution in [0.15, 0.2) is 71.8 Å². The van der Waals surface area contributed by atoms with E-state index in [1.165, 1.54) is 22.6 Å². The van der Waals surface area contributed by atoms with Crippen molar-refractivity contribution in [3.63, 3.8) is 0 Å². The zero-order chi connectivity index (χ0) is 23.2. The lowest BCUT2D eigenvalue weighted by molar-refractivity contribution is 0.0639. The van der Waals surface area contributed by atoms with Gasteiger partial charge in [-0.05, 0) is 47.7 Å². The zero-order valence-electron chi connectivity index (χ0n) is 17.5. The molecule has 0 aliphatic carbocycles. The van der Waals surface area contributed by atoms with Crippen molar-refractivity contribution < 1.29 is 22.4 Å². The molecule has 2 aliphatic rings. The SMILES string of the molecule is O=C1c2cccnc2C(=O)N1Cc1ccc(F)cc1S(=O)(=O)N1CC[C@H](c2ccccc2)C1. The largest absolute Gasteiger partial charge is 0.280 e. The summed E-state index contributed by atoms with van der Waals surface area (Å²) >= 11 is 0. The van der Waals surface area contributed by atoms with Crippen molar-refractivity contribution in [3.05, 3.63) is 95.1 Å². The van der Waals surface area contributed by atoms with Gasteiger partial charge < -0.3 is 0 Å². The fourth-order valence-electron chi connectivity index (χ4n) is 4.41. The summed E-state index contributed by atoms with van der Waals surface area (Å²) in [5, 5.41) is 0. The molecule has 0 N–H and O–H groups in total. The number of benzene rings is 2. The highest BCUT2D eigenvalue weighted by Gasteiger charge is 2.39. The summed E-state index contributed by atoms with van der Waals surface area (Å²) in [4.78, 5) is 30.1. The molecule has 2 aliphatic heterocycles. The molecule has 2 amide bonds. The summed E-state index contributed by atoms with van der Waals surface area (Å²) in [5.41, 5.74) is 1.42. The Kier molecular flexibility index (Phi) is 5.30. The van der Waals surface area contributed by atoms with E-state index in [1.54, 1.807) is 6.07 Å². The number of carbonyl (C=O) groups is 2. The van der Waals surface area contributed by atoms with E-state index in [0.717, 1.165) is 22.6 Å². The Labute approximate surface area is 190 Å². The van der Waals surface area contributed by atoms with Gasteiger partial charge in [0.1, 0.15) is 11.5 Å². The molecule has 0 saturated carbocycles. The Balaban J connectivity index is 1.45. The first-order valence-electron chi connectivity index (χ1n) is 10.5. The van der Waals surface area contributed by atoms with Gasteiger partial charge in [0.25, 0.3) is 11.8 Å². The second-order valence-electron chi connectivity index (χ2n) is 8.11. The van der Waals surface area contributed by atoms with E-state index in [2.05, 4.69) is 4.98 Å². The molecule has 9 heteroatoms. The van der Waals surface area contributed by atoms with Gasteiger partial charge in [0.15, 0.2) is 0 Å². The first-order valence-corrected chi connectivity index (χ1v) is 11.9. The molecule has 1 fully saturated rings. The highest BCUT2D eigenvalue weighted by Crippen LogP contribution is 2.33. The molecular formula is C24H20FN3O4S. The average Bonchev–Trinajstić information content (AvgIpc) is 3.42. The third kappa shape index (κ3) is 3.73. The highest BCUT2D eigenvalue weighted by molar-refractivity contribution is 7.89. The number of halogens is 1. The third-order valence-electron chi connectivity index (χ3n) is 6.13. The number of aromatic nitrogens is 1. The van der Waals surface area contributed by atoms with E-state index < -0.39 is 27.7 Å². The van der Waals surface area contributed by atoms with Gasteiger partial charge in [0, 0.05) is 19.3 Å². The van der Waals surface area contributed by atoms with E-state index in [0.29, 0.717) is 13.0 Å². The van der Waals surface area contributed by atoms with Gasteiger partial charge >= 0.3 is 0 Å². The van der Waals surface area contributed by atoms with Crippen molar-refractivity contribution >= 4 is 21.8 Å². The van der Waals surface area contributed by atoms with Crippen molar-refractivity contribution in [1.82, 2.24) is 14.2 Å². The van der Waals surface area contributed by atoms with E-state index in [1.807, 2.05) is 30.3 Å². The van der Waals surface area contributed by atoms with Crippen LogP contribution in [0.3, 0.4) is 0 Å². The zero-order valence-corrected chi connectivity index (χ0v) is 18.3. The van der Waals surface area contributed by atoms with Crippen LogP contribution >= 0.6 is 0 Å². The van der Waals surface area contributed by atoms with Gasteiger partial charge in [-0.2, -0.15) is 4.31 Å². The van der Waals surface area contributed by atoms with Crippen LogP contribution in [0.1, 0.15) is 44.3 Å². The fourth-order valence-corrected chi connectivity index (χ4v) is 6.14. The van der Waals surface area contributed by atoms with Gasteiger partial charge in [-0.15, -0.1) is 0 Å². The summed E-state index contributed by atoms with van der Waals surface area (Å²) in [5.74, 6) is -1.82. The number of amides is 2. The standard InChI is InChI=1S/C24H20FN3O4S/c25-19-9-8-18(15-28-23(29)20-7-4-11-26-22(20)24(28)30)21(13-19)33(31,32)27-12-10-17(14-27)16-5-2-1-3-6-16/h1-9,11,13,17H,10,12,14-15H2/t17-/m0/s1. The normalized spacial score (nSPS) is 18.7. The summed E-state index contributed by atoms with van der Waals surface area (Å²) < 4.78 is 42.5. The molecule has 1 aromatic heterocycles. The topological polar surface area (TPSA) is 87.6 Å². The van der Waals surface area contributed by atoms with E-state index in [-0.39, 0.29) is 40.7 Å². The Morgan fingerprint density at radius 1 is 1.00 bits per heavy atom. The number of imide groups is 1. The molecule has 0 spiro atoms. The van der Waals surface area contributed by atoms with E-state index >= 15 is 0 Å². The minimum atomic E-state index is -4.05. The number of carbonyl (C=O) groups excluding carboxylic acids is 2. The molecular weight excluding hydrogens is 445 g/mol. The van der Waals surface area contributed by atoms with Crippen LogP contribution in [0.4, 0.5) is 4.39 Å². The Morgan fingerprint density at radius 3 is 2.55 bits per heavy atom. The maximum atomic E-state index is 14.1. The van der Waals surface area contributed by atoms with Crippen molar-refractivity contribution in [2.45, 2.75) is 23.8 Å². The lowest BCUT2D eigenvalue weighted by atomic mass is 9.99. The summed E-state index contributed by atoms with van der Waals surface area (Å²) in [6.45, 7) is 0.285. The second kappa shape index (κ2) is 8.17. The highest BCUT2D eigenvalue weighted by atomic mass is 32.2. The minimum Gasteiger partial charge on any atom is -0.268 e. The van der Waals surface area contributed by atoms with E-state index in [4.69, 9.17) is 0 Å². The van der Waals surface area contributed by atoms with Crippen LogP contribution in [-0.4, -0.2) is 47.5 Å². The molecule has 0 radical (unpaired) electrons. The maximum absolute atomic E-state index is 14.1. The molecule has 2 aromatic carbocycles. The first-order chi connectivity index (χ1) is 15.9. The Bertz CT molecular complexity index is 1330. The monoisotopic (exact) mass is 465 g/mol. The summed E-state index contributed by atoms with van der Waals surface area (Å²) in [6, 6.07) is 16.1. The van der Waals surface area contributed by atoms with Crippen LogP contribution < -0.4 is 0 Å². The lowest BCUT2D eigenvalue weighted by Gasteiger charge is -2.21. The van der Waals surface area contributed by atoms with Gasteiger partial charge in [-0.1, -0.05) is 36.4 Å². The van der Waals surface area contributed by atoms with Gasteiger partial charge in [-0.3, -0.25) is 19.5 Å². The third-order valence-corrected chi connectivity index (χ3v) is 8.08. The predicted octanol–water partition coefficient (Wildman–Crippen LogP) is 3.20. The van der Waals surface area contributed by atoms with Crippen molar-refractivity contribution in [2.75, 3.05) is 13.1 Å². The maximum Gasteiger partial charge on any atom is 0.280 e. The fraction of sp³-hybridized carbons (Fsp3) is 0.208. The molecule has 5 rings (SSSR count). The first kappa shape index (κ1) is 21.4. The molecule has 168 valence electrons. The molecule has 1 saturated heterocycles. The van der Waals surface area contributed by atoms with Crippen LogP contribution in [-0.2, 0) is 16.6 Å². The number of hydrogen-bond donors (Lipinski definition) is 0. The van der Waals surface area contributed by atoms with Crippen LogP contribution in [0.25, 0.3) is 0 Å². The molecule has 7 nitrogen and oxygen atoms in total.